The lowest BCUT2D eigenvalue weighted by Crippen LogP contribution is -2.37. The van der Waals surface area contributed by atoms with Gasteiger partial charge in [-0.2, -0.15) is 0 Å². The highest BCUT2D eigenvalue weighted by Crippen LogP contribution is 2.14. The van der Waals surface area contributed by atoms with Gasteiger partial charge in [-0.05, 0) is 32.1 Å². The highest BCUT2D eigenvalue weighted by Gasteiger charge is 2.16. The maximum atomic E-state index is 2.61. The van der Waals surface area contributed by atoms with Gasteiger partial charge in [-0.3, -0.25) is 0 Å². The zero-order chi connectivity index (χ0) is 26.7. The summed E-state index contributed by atoms with van der Waals surface area (Å²) < 4.78 is 5.20. The van der Waals surface area contributed by atoms with Crippen LogP contribution in [0, 0.1) is 0 Å². The second-order valence-corrected chi connectivity index (χ2v) is 12.0. The predicted molar refractivity (Wildman–Crippen MR) is 165 cm³/mol. The molecule has 0 unspecified atom stereocenters. The van der Waals surface area contributed by atoms with Gasteiger partial charge in [0.25, 0.3) is 5.82 Å². The van der Waals surface area contributed by atoms with Crippen molar-refractivity contribution in [2.75, 3.05) is 0 Å². The molecule has 0 saturated heterocycles. The van der Waals surface area contributed by atoms with Crippen molar-refractivity contribution in [1.29, 1.82) is 0 Å². The molecule has 0 atom stereocenters. The van der Waals surface area contributed by atoms with Crippen molar-refractivity contribution in [1.82, 2.24) is 4.57 Å². The van der Waals surface area contributed by atoms with E-state index >= 15 is 0 Å². The molecule has 0 radical (unpaired) electrons. The van der Waals surface area contributed by atoms with E-state index in [4.69, 9.17) is 0 Å². The Balaban J connectivity index is 2.19. The minimum absolute atomic E-state index is 1.21. The van der Waals surface area contributed by atoms with Crippen LogP contribution in [0.2, 0.25) is 0 Å². The van der Waals surface area contributed by atoms with Gasteiger partial charge in [-0.25, -0.2) is 9.13 Å². The van der Waals surface area contributed by atoms with Crippen molar-refractivity contribution in [2.45, 2.75) is 207 Å². The first-order valence-corrected chi connectivity index (χ1v) is 17.4. The van der Waals surface area contributed by atoms with E-state index in [9.17, 15) is 0 Å². The summed E-state index contributed by atoms with van der Waals surface area (Å²) in [6.45, 7) is 9.37. The fraction of sp³-hybridized carbons (Fsp3) is 0.914. The average Bonchev–Trinajstić information content (AvgIpc) is 3.29. The van der Waals surface area contributed by atoms with Gasteiger partial charge in [-0.15, -0.1) is 0 Å². The van der Waals surface area contributed by atoms with E-state index in [0.29, 0.717) is 0 Å². The lowest BCUT2D eigenvalue weighted by molar-refractivity contribution is -0.704. The number of nitrogens with zero attached hydrogens (tertiary/aromatic N) is 2. The Morgan fingerprint density at radius 1 is 0.459 bits per heavy atom. The molecule has 0 fully saturated rings. The van der Waals surface area contributed by atoms with Crippen LogP contribution in [0.15, 0.2) is 12.4 Å². The summed E-state index contributed by atoms with van der Waals surface area (Å²) in [7, 11) is 0. The summed E-state index contributed by atoms with van der Waals surface area (Å²) in [5, 5.41) is 0. The third-order valence-electron chi connectivity index (χ3n) is 8.35. The normalized spacial score (nSPS) is 11.5. The van der Waals surface area contributed by atoms with Gasteiger partial charge in [-0.1, -0.05) is 156 Å². The van der Waals surface area contributed by atoms with Crippen LogP contribution in [0.4, 0.5) is 0 Å². The Morgan fingerprint density at radius 3 is 1.30 bits per heavy atom. The van der Waals surface area contributed by atoms with E-state index < -0.39 is 0 Å². The smallest absolute Gasteiger partial charge is 0.234 e. The van der Waals surface area contributed by atoms with Crippen molar-refractivity contribution in [2.24, 2.45) is 0 Å². The van der Waals surface area contributed by atoms with Crippen LogP contribution < -0.4 is 4.57 Å². The van der Waals surface area contributed by atoms with E-state index in [1.165, 1.54) is 186 Å². The monoisotopic (exact) mass is 518 g/mol. The molecule has 2 nitrogen and oxygen atoms in total. The number of aryl methyl sites for hydroxylation is 2. The van der Waals surface area contributed by atoms with Gasteiger partial charge < -0.3 is 0 Å². The third kappa shape index (κ3) is 19.9. The highest BCUT2D eigenvalue weighted by atomic mass is 15.1. The van der Waals surface area contributed by atoms with Gasteiger partial charge in [0.15, 0.2) is 0 Å². The first-order chi connectivity index (χ1) is 18.3. The molecule has 1 rings (SSSR count). The van der Waals surface area contributed by atoms with E-state index in [-0.39, 0.29) is 0 Å². The molecule has 1 aromatic rings. The van der Waals surface area contributed by atoms with E-state index in [0.717, 1.165) is 0 Å². The van der Waals surface area contributed by atoms with Gasteiger partial charge in [0, 0.05) is 6.42 Å². The minimum atomic E-state index is 1.21. The van der Waals surface area contributed by atoms with Crippen LogP contribution >= 0.6 is 0 Å². The Bertz CT molecular complexity index is 576. The summed E-state index contributed by atoms with van der Waals surface area (Å²) in [6.07, 6.45) is 43.0. The minimum Gasteiger partial charge on any atom is -0.234 e. The first kappa shape index (κ1) is 34.2. The Labute approximate surface area is 234 Å². The molecule has 37 heavy (non-hydrogen) atoms. The first-order valence-electron chi connectivity index (χ1n) is 17.4. The molecule has 0 aliphatic rings. The van der Waals surface area contributed by atoms with Crippen LogP contribution in [-0.4, -0.2) is 4.57 Å². The number of unbranched alkanes of at least 4 members (excludes halogenated alkanes) is 23. The molecule has 218 valence electrons. The van der Waals surface area contributed by atoms with Crippen molar-refractivity contribution in [3.05, 3.63) is 18.2 Å². The summed E-state index contributed by atoms with van der Waals surface area (Å²) in [4.78, 5) is 0. The molecule has 1 aromatic heterocycles. The maximum Gasteiger partial charge on any atom is 0.256 e. The zero-order valence-electron chi connectivity index (χ0n) is 26.1. The van der Waals surface area contributed by atoms with Crippen LogP contribution in [0.3, 0.4) is 0 Å². The molecule has 0 N–H and O–H groups in total. The number of imidazole rings is 1. The molecule has 0 saturated carbocycles. The largest absolute Gasteiger partial charge is 0.256 e. The fourth-order valence-corrected chi connectivity index (χ4v) is 5.80. The number of rotatable bonds is 29. The lowest BCUT2D eigenvalue weighted by atomic mass is 10.0. The highest BCUT2D eigenvalue weighted by molar-refractivity contribution is 4.84. The van der Waals surface area contributed by atoms with E-state index in [1.807, 2.05) is 0 Å². The molecule has 2 heteroatoms. The van der Waals surface area contributed by atoms with Gasteiger partial charge in [0.05, 0.1) is 13.1 Å². The average molecular weight is 518 g/mol. The molecule has 0 aliphatic carbocycles. The second kappa shape index (κ2) is 26.8. The predicted octanol–water partition coefficient (Wildman–Crippen LogP) is 11.5. The fourth-order valence-electron chi connectivity index (χ4n) is 5.80. The maximum absolute atomic E-state index is 2.61. The van der Waals surface area contributed by atoms with E-state index in [1.54, 1.807) is 5.82 Å². The molecule has 0 bridgehead atoms. The summed E-state index contributed by atoms with van der Waals surface area (Å²) in [5.74, 6) is 1.61. The van der Waals surface area contributed by atoms with Gasteiger partial charge in [0.2, 0.25) is 0 Å². The molecule has 0 aliphatic heterocycles. The Hall–Kier alpha value is -0.790. The topological polar surface area (TPSA) is 8.81 Å². The van der Waals surface area contributed by atoms with Crippen LogP contribution in [0.5, 0.6) is 0 Å². The van der Waals surface area contributed by atoms with Crippen molar-refractivity contribution >= 4 is 0 Å². The molecule has 0 spiro atoms. The molecular weight excluding hydrogens is 448 g/mol. The zero-order valence-corrected chi connectivity index (χ0v) is 26.1. The van der Waals surface area contributed by atoms with E-state index in [2.05, 4.69) is 42.3 Å². The van der Waals surface area contributed by atoms with Crippen molar-refractivity contribution in [3.63, 3.8) is 0 Å². The molecule has 0 amide bonds. The number of hydrogen-bond donors (Lipinski definition) is 0. The molecule has 1 heterocycles. The summed E-state index contributed by atoms with van der Waals surface area (Å²) >= 11 is 0. The van der Waals surface area contributed by atoms with Crippen molar-refractivity contribution < 1.29 is 4.57 Å². The number of aromatic nitrogens is 2. The molecule has 0 aromatic carbocycles. The van der Waals surface area contributed by atoms with Gasteiger partial charge >= 0.3 is 0 Å². The van der Waals surface area contributed by atoms with Crippen LogP contribution in [-0.2, 0) is 19.5 Å². The second-order valence-electron chi connectivity index (χ2n) is 12.0. The quantitative estimate of drug-likeness (QED) is 0.0737. The third-order valence-corrected chi connectivity index (χ3v) is 8.35. The van der Waals surface area contributed by atoms with Gasteiger partial charge in [0.1, 0.15) is 12.4 Å². The molecular formula is C35H69N2+. The Morgan fingerprint density at radius 2 is 0.838 bits per heavy atom. The summed E-state index contributed by atoms with van der Waals surface area (Å²) in [5.41, 5.74) is 0. The van der Waals surface area contributed by atoms with Crippen molar-refractivity contribution in [3.8, 4) is 0 Å². The van der Waals surface area contributed by atoms with Crippen LogP contribution in [0.1, 0.15) is 194 Å². The lowest BCUT2D eigenvalue weighted by Gasteiger charge is -2.07. The Kier molecular flexibility index (Phi) is 24.8. The van der Waals surface area contributed by atoms with Crippen LogP contribution in [0.25, 0.3) is 0 Å². The standard InChI is InChI=1S/C35H69N2/c1-4-7-10-12-14-16-18-19-20-22-24-26-29-32-37-34-33-36(31-28-9-6-3)35(37)30-27-25-23-21-17-15-13-11-8-5-2/h33-34H,4-32H2,1-3H3/q+1. The SMILES string of the molecule is CCCCCCCCCCCCCCC[n+]1ccn(CCCCC)c1CCCCCCCCCCCC. The number of hydrogen-bond acceptors (Lipinski definition) is 0. The summed E-state index contributed by atoms with van der Waals surface area (Å²) in [6, 6.07) is 0.